The summed E-state index contributed by atoms with van der Waals surface area (Å²) < 4.78 is 23.4. The first-order valence-electron chi connectivity index (χ1n) is 6.20. The summed E-state index contributed by atoms with van der Waals surface area (Å²) in [4.78, 5) is 13.6. The third kappa shape index (κ3) is 4.13. The topological polar surface area (TPSA) is 80.5 Å². The summed E-state index contributed by atoms with van der Waals surface area (Å²) in [5.41, 5.74) is 5.85. The minimum absolute atomic E-state index is 0.223. The van der Waals surface area contributed by atoms with Crippen LogP contribution in [-0.2, 0) is 14.6 Å². The molecule has 1 amide bonds. The molecule has 106 valence electrons. The van der Waals surface area contributed by atoms with E-state index in [0.717, 1.165) is 18.6 Å². The van der Waals surface area contributed by atoms with Crippen molar-refractivity contribution in [3.8, 4) is 0 Å². The number of carbonyl (C=O) groups is 1. The van der Waals surface area contributed by atoms with Crippen LogP contribution in [0.4, 0.5) is 0 Å². The van der Waals surface area contributed by atoms with Crippen LogP contribution < -0.4 is 5.73 Å². The standard InChI is InChI=1S/C11H22N2O3S2/c1-3-4-5-9(12)11(14)13-6-7-17-8-10(13)18(2,15)16/h9-10H,3-8,12H2,1-2H3/t9-,10?/m0/s1. The second kappa shape index (κ2) is 6.77. The van der Waals surface area contributed by atoms with Crippen molar-refractivity contribution >= 4 is 27.5 Å². The molecule has 1 fully saturated rings. The third-order valence-corrected chi connectivity index (χ3v) is 5.69. The maximum atomic E-state index is 12.2. The van der Waals surface area contributed by atoms with Crippen LogP contribution in [0.25, 0.3) is 0 Å². The van der Waals surface area contributed by atoms with Gasteiger partial charge in [0, 0.05) is 24.3 Å². The maximum Gasteiger partial charge on any atom is 0.240 e. The van der Waals surface area contributed by atoms with E-state index in [4.69, 9.17) is 5.73 Å². The summed E-state index contributed by atoms with van der Waals surface area (Å²) in [5, 5.41) is -0.712. The first kappa shape index (κ1) is 15.8. The number of hydrogen-bond acceptors (Lipinski definition) is 5. The van der Waals surface area contributed by atoms with E-state index in [0.29, 0.717) is 18.7 Å². The van der Waals surface area contributed by atoms with Crippen molar-refractivity contribution in [1.29, 1.82) is 0 Å². The van der Waals surface area contributed by atoms with E-state index < -0.39 is 21.3 Å². The first-order valence-corrected chi connectivity index (χ1v) is 9.31. The molecule has 0 bridgehead atoms. The lowest BCUT2D eigenvalue weighted by Crippen LogP contribution is -2.54. The lowest BCUT2D eigenvalue weighted by molar-refractivity contribution is -0.133. The second-order valence-corrected chi connectivity index (χ2v) is 7.99. The van der Waals surface area contributed by atoms with Crippen molar-refractivity contribution in [3.05, 3.63) is 0 Å². The van der Waals surface area contributed by atoms with E-state index in [1.807, 2.05) is 6.92 Å². The van der Waals surface area contributed by atoms with Crippen molar-refractivity contribution < 1.29 is 13.2 Å². The first-order chi connectivity index (χ1) is 8.38. The zero-order valence-corrected chi connectivity index (χ0v) is 12.6. The quantitative estimate of drug-likeness (QED) is 0.796. The number of nitrogens with zero attached hydrogens (tertiary/aromatic N) is 1. The van der Waals surface area contributed by atoms with Crippen molar-refractivity contribution in [3.63, 3.8) is 0 Å². The van der Waals surface area contributed by atoms with Gasteiger partial charge in [-0.3, -0.25) is 4.79 Å². The Balaban J connectivity index is 2.74. The fourth-order valence-electron chi connectivity index (χ4n) is 1.95. The summed E-state index contributed by atoms with van der Waals surface area (Å²) in [5.74, 6) is 1.00. The summed E-state index contributed by atoms with van der Waals surface area (Å²) >= 11 is 1.57. The lowest BCUT2D eigenvalue weighted by atomic mass is 10.1. The van der Waals surface area contributed by atoms with Crippen LogP contribution in [0.2, 0.25) is 0 Å². The molecule has 0 aliphatic carbocycles. The number of rotatable bonds is 5. The molecule has 0 spiro atoms. The largest absolute Gasteiger partial charge is 0.323 e. The molecule has 1 saturated heterocycles. The van der Waals surface area contributed by atoms with Crippen LogP contribution in [0.3, 0.4) is 0 Å². The predicted octanol–water partition coefficient (Wildman–Crippen LogP) is 0.450. The molecule has 1 unspecified atom stereocenters. The highest BCUT2D eigenvalue weighted by Crippen LogP contribution is 2.21. The van der Waals surface area contributed by atoms with E-state index in [2.05, 4.69) is 0 Å². The van der Waals surface area contributed by atoms with Crippen LogP contribution in [0.5, 0.6) is 0 Å². The molecule has 18 heavy (non-hydrogen) atoms. The highest BCUT2D eigenvalue weighted by molar-refractivity contribution is 8.00. The number of amides is 1. The Morgan fingerprint density at radius 3 is 2.78 bits per heavy atom. The SMILES string of the molecule is CCCC[C@H](N)C(=O)N1CCSCC1S(C)(=O)=O. The Bertz CT molecular complexity index is 384. The fourth-order valence-corrected chi connectivity index (χ4v) is 4.77. The zero-order valence-electron chi connectivity index (χ0n) is 11.0. The molecule has 1 aliphatic heterocycles. The van der Waals surface area contributed by atoms with Crippen LogP contribution in [-0.4, -0.2) is 54.9 Å². The smallest absolute Gasteiger partial charge is 0.240 e. The van der Waals surface area contributed by atoms with Crippen molar-refractivity contribution in [2.24, 2.45) is 5.73 Å². The fraction of sp³-hybridized carbons (Fsp3) is 0.909. The number of sulfone groups is 1. The molecule has 0 aromatic heterocycles. The predicted molar refractivity (Wildman–Crippen MR) is 75.2 cm³/mol. The van der Waals surface area contributed by atoms with Gasteiger partial charge in [0.1, 0.15) is 5.37 Å². The van der Waals surface area contributed by atoms with Crippen molar-refractivity contribution in [2.75, 3.05) is 24.3 Å². The van der Waals surface area contributed by atoms with Gasteiger partial charge in [0.25, 0.3) is 0 Å². The highest BCUT2D eigenvalue weighted by atomic mass is 32.2. The Hall–Kier alpha value is -0.270. The average Bonchev–Trinajstić information content (AvgIpc) is 2.34. The lowest BCUT2D eigenvalue weighted by Gasteiger charge is -2.35. The number of carbonyl (C=O) groups excluding carboxylic acids is 1. The van der Waals surface area contributed by atoms with Crippen LogP contribution in [0.15, 0.2) is 0 Å². The van der Waals surface area contributed by atoms with Gasteiger partial charge in [0.15, 0.2) is 9.84 Å². The van der Waals surface area contributed by atoms with Crippen LogP contribution >= 0.6 is 11.8 Å². The number of thioether (sulfide) groups is 1. The second-order valence-electron chi connectivity index (χ2n) is 4.64. The van der Waals surface area contributed by atoms with Gasteiger partial charge in [-0.1, -0.05) is 19.8 Å². The Kier molecular flexibility index (Phi) is 5.94. The summed E-state index contributed by atoms with van der Waals surface area (Å²) in [6.07, 6.45) is 3.67. The molecule has 0 aromatic carbocycles. The van der Waals surface area contributed by atoms with Gasteiger partial charge in [-0.2, -0.15) is 11.8 Å². The molecule has 1 rings (SSSR count). The van der Waals surface area contributed by atoms with E-state index >= 15 is 0 Å². The van der Waals surface area contributed by atoms with Gasteiger partial charge in [-0.05, 0) is 6.42 Å². The maximum absolute atomic E-state index is 12.2. The van der Waals surface area contributed by atoms with Gasteiger partial charge in [-0.15, -0.1) is 0 Å². The minimum Gasteiger partial charge on any atom is -0.323 e. The summed E-state index contributed by atoms with van der Waals surface area (Å²) in [6, 6.07) is -0.572. The third-order valence-electron chi connectivity index (χ3n) is 3.05. The van der Waals surface area contributed by atoms with Gasteiger partial charge >= 0.3 is 0 Å². The molecular weight excluding hydrogens is 272 g/mol. The Morgan fingerprint density at radius 1 is 1.56 bits per heavy atom. The van der Waals surface area contributed by atoms with Crippen LogP contribution in [0.1, 0.15) is 26.2 Å². The number of unbranched alkanes of at least 4 members (excludes halogenated alkanes) is 1. The van der Waals surface area contributed by atoms with Gasteiger partial charge in [0.2, 0.25) is 5.91 Å². The molecule has 1 aliphatic rings. The van der Waals surface area contributed by atoms with E-state index in [9.17, 15) is 13.2 Å². The Labute approximate surface area is 113 Å². The molecule has 0 saturated carbocycles. The number of hydrogen-bond donors (Lipinski definition) is 1. The monoisotopic (exact) mass is 294 g/mol. The Morgan fingerprint density at radius 2 is 2.22 bits per heavy atom. The molecule has 2 N–H and O–H groups in total. The molecule has 2 atom stereocenters. The molecule has 7 heteroatoms. The highest BCUT2D eigenvalue weighted by Gasteiger charge is 2.35. The minimum atomic E-state index is -3.25. The van der Waals surface area contributed by atoms with E-state index in [1.165, 1.54) is 11.2 Å². The molecule has 1 heterocycles. The normalized spacial score (nSPS) is 22.8. The van der Waals surface area contributed by atoms with Crippen molar-refractivity contribution in [1.82, 2.24) is 4.90 Å². The van der Waals surface area contributed by atoms with Gasteiger partial charge in [-0.25, -0.2) is 8.42 Å². The zero-order chi connectivity index (χ0) is 13.8. The summed E-state index contributed by atoms with van der Waals surface area (Å²) in [6.45, 7) is 2.51. The van der Waals surface area contributed by atoms with Gasteiger partial charge in [0.05, 0.1) is 6.04 Å². The van der Waals surface area contributed by atoms with E-state index in [-0.39, 0.29) is 5.91 Å². The molecule has 0 aromatic rings. The number of nitrogens with two attached hydrogens (primary N) is 1. The molecular formula is C11H22N2O3S2. The average molecular weight is 294 g/mol. The molecule has 0 radical (unpaired) electrons. The van der Waals surface area contributed by atoms with Crippen molar-refractivity contribution in [2.45, 2.75) is 37.6 Å². The van der Waals surface area contributed by atoms with E-state index in [1.54, 1.807) is 11.8 Å². The van der Waals surface area contributed by atoms with Crippen LogP contribution in [0, 0.1) is 0 Å². The molecule has 5 nitrogen and oxygen atoms in total. The summed E-state index contributed by atoms with van der Waals surface area (Å²) in [7, 11) is -3.25. The van der Waals surface area contributed by atoms with Gasteiger partial charge < -0.3 is 10.6 Å².